The van der Waals surface area contributed by atoms with E-state index in [1.807, 2.05) is 0 Å². The van der Waals surface area contributed by atoms with Crippen LogP contribution in [-0.2, 0) is 0 Å². The Kier molecular flexibility index (Phi) is 2.97. The summed E-state index contributed by atoms with van der Waals surface area (Å²) in [5.41, 5.74) is 0.686. The van der Waals surface area contributed by atoms with Gasteiger partial charge in [-0.3, -0.25) is 0 Å². The fourth-order valence-corrected chi connectivity index (χ4v) is 6.79. The third-order valence-electron chi connectivity index (χ3n) is 7.67. The molecular weight excluding hydrogens is 235 g/mol. The Bertz CT molecular complexity index is 352. The highest BCUT2D eigenvalue weighted by Gasteiger charge is 2.53. The van der Waals surface area contributed by atoms with Gasteiger partial charge in [0.05, 0.1) is 0 Å². The first-order chi connectivity index (χ1) is 9.17. The van der Waals surface area contributed by atoms with Crippen LogP contribution in [0.25, 0.3) is 0 Å². The molecule has 0 aromatic heterocycles. The Labute approximate surface area is 117 Å². The molecule has 0 amide bonds. The molecule has 0 saturated heterocycles. The van der Waals surface area contributed by atoms with Gasteiger partial charge in [0, 0.05) is 0 Å². The van der Waals surface area contributed by atoms with Gasteiger partial charge < -0.3 is 0 Å². The van der Waals surface area contributed by atoms with Crippen molar-refractivity contribution >= 4 is 0 Å². The van der Waals surface area contributed by atoms with Crippen molar-refractivity contribution in [3.05, 3.63) is 0 Å². The molecule has 1 heteroatoms. The van der Waals surface area contributed by atoms with E-state index in [4.69, 9.17) is 0 Å². The van der Waals surface area contributed by atoms with Crippen molar-refractivity contribution in [2.45, 2.75) is 77.3 Å². The molecule has 4 saturated carbocycles. The minimum absolute atomic E-state index is 0.474. The molecule has 19 heavy (non-hydrogen) atoms. The first kappa shape index (κ1) is 12.7. The van der Waals surface area contributed by atoms with Gasteiger partial charge in [0.15, 0.2) is 0 Å². The van der Waals surface area contributed by atoms with Gasteiger partial charge in [-0.25, -0.2) is 4.39 Å². The smallest absolute Gasteiger partial charge is 0.100 e. The van der Waals surface area contributed by atoms with E-state index in [0.717, 1.165) is 42.4 Å². The van der Waals surface area contributed by atoms with E-state index in [1.54, 1.807) is 0 Å². The Balaban J connectivity index is 1.56. The zero-order chi connectivity index (χ0) is 13.0. The van der Waals surface area contributed by atoms with E-state index >= 15 is 0 Å². The van der Waals surface area contributed by atoms with Crippen molar-refractivity contribution in [1.82, 2.24) is 0 Å². The van der Waals surface area contributed by atoms with Crippen LogP contribution in [0, 0.1) is 35.0 Å². The number of hydrogen-bond donors (Lipinski definition) is 0. The maximum atomic E-state index is 13.7. The first-order valence-electron chi connectivity index (χ1n) is 8.81. The molecule has 4 aliphatic rings. The molecule has 108 valence electrons. The third kappa shape index (κ3) is 1.90. The van der Waals surface area contributed by atoms with Gasteiger partial charge in [-0.05, 0) is 92.8 Å². The molecule has 0 spiro atoms. The Morgan fingerprint density at radius 3 is 2.58 bits per heavy atom. The second-order valence-electron chi connectivity index (χ2n) is 8.43. The van der Waals surface area contributed by atoms with Crippen LogP contribution in [0.1, 0.15) is 71.1 Å². The molecule has 0 aliphatic heterocycles. The van der Waals surface area contributed by atoms with Crippen LogP contribution in [0.15, 0.2) is 0 Å². The lowest BCUT2D eigenvalue weighted by Crippen LogP contribution is -2.47. The zero-order valence-corrected chi connectivity index (χ0v) is 12.4. The maximum absolute atomic E-state index is 13.7. The lowest BCUT2D eigenvalue weighted by Gasteiger charge is -2.55. The summed E-state index contributed by atoms with van der Waals surface area (Å²) in [5, 5.41) is 0. The SMILES string of the molecule is C[C@@]12CCC[C@H]1[C@@H]1CCC3CC(F)CC[C@@H]3[C@H]1CC2. The van der Waals surface area contributed by atoms with Gasteiger partial charge >= 0.3 is 0 Å². The number of hydrogen-bond acceptors (Lipinski definition) is 0. The summed E-state index contributed by atoms with van der Waals surface area (Å²) in [7, 11) is 0. The van der Waals surface area contributed by atoms with Crippen molar-refractivity contribution in [1.29, 1.82) is 0 Å². The van der Waals surface area contributed by atoms with Gasteiger partial charge in [-0.15, -0.1) is 0 Å². The largest absolute Gasteiger partial charge is 0.247 e. The van der Waals surface area contributed by atoms with Gasteiger partial charge in [0.2, 0.25) is 0 Å². The van der Waals surface area contributed by atoms with E-state index in [-0.39, 0.29) is 0 Å². The zero-order valence-electron chi connectivity index (χ0n) is 12.4. The lowest BCUT2D eigenvalue weighted by atomic mass is 9.51. The molecule has 4 rings (SSSR count). The van der Waals surface area contributed by atoms with Crippen LogP contribution in [0.5, 0.6) is 0 Å². The van der Waals surface area contributed by atoms with Crippen LogP contribution < -0.4 is 0 Å². The molecule has 4 aliphatic carbocycles. The molecule has 0 N–H and O–H groups in total. The van der Waals surface area contributed by atoms with E-state index in [0.29, 0.717) is 5.41 Å². The Morgan fingerprint density at radius 2 is 1.68 bits per heavy atom. The van der Waals surface area contributed by atoms with E-state index in [2.05, 4.69) is 6.92 Å². The highest BCUT2D eigenvalue weighted by Crippen LogP contribution is 2.62. The number of fused-ring (bicyclic) bond motifs is 5. The number of halogens is 1. The van der Waals surface area contributed by atoms with Crippen LogP contribution >= 0.6 is 0 Å². The fraction of sp³-hybridized carbons (Fsp3) is 1.00. The van der Waals surface area contributed by atoms with Crippen molar-refractivity contribution in [2.75, 3.05) is 0 Å². The molecule has 0 aromatic carbocycles. The Hall–Kier alpha value is -0.0700. The minimum Gasteiger partial charge on any atom is -0.247 e. The minimum atomic E-state index is -0.474. The third-order valence-corrected chi connectivity index (χ3v) is 7.67. The molecule has 0 heterocycles. The fourth-order valence-electron chi connectivity index (χ4n) is 6.79. The molecule has 0 aromatic rings. The second-order valence-corrected chi connectivity index (χ2v) is 8.43. The summed E-state index contributed by atoms with van der Waals surface area (Å²) in [6, 6.07) is 0. The molecule has 0 radical (unpaired) electrons. The molecule has 2 unspecified atom stereocenters. The normalized spacial score (nSPS) is 57.2. The average molecular weight is 264 g/mol. The summed E-state index contributed by atoms with van der Waals surface area (Å²) >= 11 is 0. The lowest BCUT2D eigenvalue weighted by molar-refractivity contribution is -0.0588. The van der Waals surface area contributed by atoms with Crippen LogP contribution in [0.4, 0.5) is 4.39 Å². The summed E-state index contributed by atoms with van der Waals surface area (Å²) in [6.07, 6.45) is 12.7. The van der Waals surface area contributed by atoms with Gasteiger partial charge in [-0.2, -0.15) is 0 Å². The first-order valence-corrected chi connectivity index (χ1v) is 8.81. The average Bonchev–Trinajstić information content (AvgIpc) is 2.79. The molecule has 0 nitrogen and oxygen atoms in total. The monoisotopic (exact) mass is 264 g/mol. The summed E-state index contributed by atoms with van der Waals surface area (Å²) < 4.78 is 13.7. The van der Waals surface area contributed by atoms with Crippen molar-refractivity contribution in [3.63, 3.8) is 0 Å². The Morgan fingerprint density at radius 1 is 0.842 bits per heavy atom. The number of alkyl halides is 1. The second kappa shape index (κ2) is 4.46. The van der Waals surface area contributed by atoms with Gasteiger partial charge in [-0.1, -0.05) is 13.3 Å². The summed E-state index contributed by atoms with van der Waals surface area (Å²) in [6.45, 7) is 2.57. The highest BCUT2D eigenvalue weighted by molar-refractivity contribution is 5.03. The summed E-state index contributed by atoms with van der Waals surface area (Å²) in [5.74, 6) is 4.66. The molecule has 4 fully saturated rings. The quantitative estimate of drug-likeness (QED) is 0.552. The van der Waals surface area contributed by atoms with E-state index < -0.39 is 6.17 Å². The standard InChI is InChI=1S/C18H29F/c1-18-9-2-3-17(18)16-6-4-12-11-13(19)5-7-14(12)15(16)8-10-18/h12-17H,2-11H2,1H3/t12?,13?,14-,15+,16+,17-,18-/m0/s1. The van der Waals surface area contributed by atoms with Crippen molar-refractivity contribution in [2.24, 2.45) is 35.0 Å². The van der Waals surface area contributed by atoms with Crippen LogP contribution in [-0.4, -0.2) is 6.17 Å². The predicted octanol–water partition coefficient (Wildman–Crippen LogP) is 5.37. The van der Waals surface area contributed by atoms with Crippen LogP contribution in [0.3, 0.4) is 0 Å². The molecule has 0 bridgehead atoms. The van der Waals surface area contributed by atoms with E-state index in [9.17, 15) is 4.39 Å². The van der Waals surface area contributed by atoms with Crippen molar-refractivity contribution < 1.29 is 4.39 Å². The summed E-state index contributed by atoms with van der Waals surface area (Å²) in [4.78, 5) is 0. The molecule has 7 atom stereocenters. The van der Waals surface area contributed by atoms with Gasteiger partial charge in [0.1, 0.15) is 6.17 Å². The van der Waals surface area contributed by atoms with Crippen molar-refractivity contribution in [3.8, 4) is 0 Å². The maximum Gasteiger partial charge on any atom is 0.100 e. The topological polar surface area (TPSA) is 0 Å². The predicted molar refractivity (Wildman–Crippen MR) is 76.6 cm³/mol. The highest BCUT2D eigenvalue weighted by atomic mass is 19.1. The number of rotatable bonds is 0. The molecular formula is C18H29F. The van der Waals surface area contributed by atoms with Crippen LogP contribution in [0.2, 0.25) is 0 Å². The van der Waals surface area contributed by atoms with E-state index in [1.165, 1.54) is 51.4 Å². The van der Waals surface area contributed by atoms with Gasteiger partial charge in [0.25, 0.3) is 0 Å².